The van der Waals surface area contributed by atoms with Crippen molar-refractivity contribution in [1.82, 2.24) is 24.8 Å². The topological polar surface area (TPSA) is 128 Å². The van der Waals surface area contributed by atoms with Gasteiger partial charge in [-0.05, 0) is 48.5 Å². The molecule has 0 saturated carbocycles. The van der Waals surface area contributed by atoms with E-state index >= 15 is 0 Å². The van der Waals surface area contributed by atoms with E-state index in [4.69, 9.17) is 11.6 Å². The Morgan fingerprint density at radius 3 is 2.59 bits per heavy atom. The van der Waals surface area contributed by atoms with Crippen molar-refractivity contribution in [2.24, 2.45) is 0 Å². The first-order valence-electron chi connectivity index (χ1n) is 9.98. The molecule has 166 valence electrons. The Labute approximate surface area is 197 Å². The minimum atomic E-state index is -0.632. The van der Waals surface area contributed by atoms with Crippen LogP contribution in [0.1, 0.15) is 10.4 Å². The maximum atomic E-state index is 12.7. The average Bonchev–Trinajstić information content (AvgIpc) is 3.28. The second kappa shape index (κ2) is 8.68. The number of benzene rings is 2. The van der Waals surface area contributed by atoms with Crippen LogP contribution >= 0.6 is 11.6 Å². The zero-order chi connectivity index (χ0) is 23.7. The highest BCUT2D eigenvalue weighted by Crippen LogP contribution is 2.27. The SMILES string of the molecule is O=C(Nc1cccc(-c2ccc3nnc(-c4ccncc4)n3n2)c1)c1ccc(Cl)c([N+](=O)[O-])c1. The number of nitrogens with zero attached hydrogens (tertiary/aromatic N) is 6. The van der Waals surface area contributed by atoms with Gasteiger partial charge in [0, 0.05) is 40.8 Å². The Morgan fingerprint density at radius 2 is 1.79 bits per heavy atom. The summed E-state index contributed by atoms with van der Waals surface area (Å²) in [5.74, 6) is 0.0761. The number of pyridine rings is 1. The number of amides is 1. The van der Waals surface area contributed by atoms with E-state index in [9.17, 15) is 14.9 Å². The zero-order valence-electron chi connectivity index (χ0n) is 17.3. The summed E-state index contributed by atoms with van der Waals surface area (Å²) in [6, 6.07) is 18.2. The van der Waals surface area contributed by atoms with Crippen LogP contribution in [0.3, 0.4) is 0 Å². The number of nitro benzene ring substituents is 1. The second-order valence-corrected chi connectivity index (χ2v) is 7.61. The quantitative estimate of drug-likeness (QED) is 0.291. The van der Waals surface area contributed by atoms with Gasteiger partial charge in [0.25, 0.3) is 11.6 Å². The Bertz CT molecular complexity index is 1550. The number of fused-ring (bicyclic) bond motifs is 1. The van der Waals surface area contributed by atoms with E-state index in [1.54, 1.807) is 41.2 Å². The molecule has 0 aliphatic carbocycles. The highest BCUT2D eigenvalue weighted by atomic mass is 35.5. The van der Waals surface area contributed by atoms with Crippen LogP contribution < -0.4 is 5.32 Å². The van der Waals surface area contributed by atoms with Gasteiger partial charge in [-0.2, -0.15) is 9.61 Å². The number of carbonyl (C=O) groups is 1. The van der Waals surface area contributed by atoms with Gasteiger partial charge in [0.2, 0.25) is 0 Å². The maximum Gasteiger partial charge on any atom is 0.288 e. The molecule has 0 bridgehead atoms. The molecular formula is C23H14ClN7O3. The normalized spacial score (nSPS) is 10.9. The minimum absolute atomic E-state index is 0.0369. The molecule has 0 radical (unpaired) electrons. The smallest absolute Gasteiger partial charge is 0.288 e. The fraction of sp³-hybridized carbons (Fsp3) is 0. The van der Waals surface area contributed by atoms with Gasteiger partial charge >= 0.3 is 0 Å². The van der Waals surface area contributed by atoms with Crippen molar-refractivity contribution in [1.29, 1.82) is 0 Å². The first kappa shape index (κ1) is 21.2. The molecule has 0 aliphatic rings. The summed E-state index contributed by atoms with van der Waals surface area (Å²) in [5.41, 5.74) is 3.08. The molecule has 5 rings (SSSR count). The molecule has 10 nitrogen and oxygen atoms in total. The summed E-state index contributed by atoms with van der Waals surface area (Å²) >= 11 is 5.83. The van der Waals surface area contributed by atoms with E-state index in [-0.39, 0.29) is 16.3 Å². The van der Waals surface area contributed by atoms with Crippen LogP contribution in [0.2, 0.25) is 5.02 Å². The van der Waals surface area contributed by atoms with Gasteiger partial charge in [0.05, 0.1) is 10.6 Å². The summed E-state index contributed by atoms with van der Waals surface area (Å²) in [7, 11) is 0. The number of nitro groups is 1. The molecule has 0 aliphatic heterocycles. The lowest BCUT2D eigenvalue weighted by Gasteiger charge is -2.08. The van der Waals surface area contributed by atoms with Crippen LogP contribution in [0.5, 0.6) is 0 Å². The molecule has 3 heterocycles. The van der Waals surface area contributed by atoms with Crippen LogP contribution in [-0.4, -0.2) is 35.6 Å². The molecule has 0 saturated heterocycles. The number of nitrogens with one attached hydrogen (secondary N) is 1. The van der Waals surface area contributed by atoms with Crippen LogP contribution in [0.25, 0.3) is 28.3 Å². The van der Waals surface area contributed by atoms with Crippen molar-refractivity contribution >= 4 is 34.5 Å². The number of carbonyl (C=O) groups excluding carboxylic acids is 1. The molecule has 0 fully saturated rings. The highest BCUT2D eigenvalue weighted by molar-refractivity contribution is 6.32. The maximum absolute atomic E-state index is 12.7. The molecular weight excluding hydrogens is 458 g/mol. The number of halogens is 1. The van der Waals surface area contributed by atoms with E-state index in [1.807, 2.05) is 24.3 Å². The van der Waals surface area contributed by atoms with Gasteiger partial charge in [-0.3, -0.25) is 19.9 Å². The van der Waals surface area contributed by atoms with Gasteiger partial charge in [-0.15, -0.1) is 10.2 Å². The lowest BCUT2D eigenvalue weighted by Crippen LogP contribution is -2.12. The summed E-state index contributed by atoms with van der Waals surface area (Å²) in [4.78, 5) is 27.2. The molecule has 5 aromatic rings. The van der Waals surface area contributed by atoms with Crippen molar-refractivity contribution < 1.29 is 9.72 Å². The minimum Gasteiger partial charge on any atom is -0.322 e. The summed E-state index contributed by atoms with van der Waals surface area (Å²) < 4.78 is 1.64. The number of hydrogen-bond acceptors (Lipinski definition) is 7. The predicted octanol–water partition coefficient (Wildman–Crippen LogP) is 4.67. The van der Waals surface area contributed by atoms with Crippen molar-refractivity contribution in [3.8, 4) is 22.6 Å². The third-order valence-corrected chi connectivity index (χ3v) is 5.34. The second-order valence-electron chi connectivity index (χ2n) is 7.21. The van der Waals surface area contributed by atoms with Gasteiger partial charge < -0.3 is 5.32 Å². The van der Waals surface area contributed by atoms with Crippen LogP contribution in [-0.2, 0) is 0 Å². The van der Waals surface area contributed by atoms with E-state index in [1.165, 1.54) is 12.1 Å². The zero-order valence-corrected chi connectivity index (χ0v) is 18.0. The van der Waals surface area contributed by atoms with E-state index in [2.05, 4.69) is 25.6 Å². The molecule has 1 N–H and O–H groups in total. The highest BCUT2D eigenvalue weighted by Gasteiger charge is 2.17. The number of aromatic nitrogens is 5. The summed E-state index contributed by atoms with van der Waals surface area (Å²) in [5, 5.41) is 26.9. The van der Waals surface area contributed by atoms with E-state index in [0.29, 0.717) is 22.9 Å². The number of hydrogen-bond donors (Lipinski definition) is 1. The van der Waals surface area contributed by atoms with Gasteiger partial charge in [0.15, 0.2) is 11.5 Å². The van der Waals surface area contributed by atoms with Crippen LogP contribution in [0, 0.1) is 10.1 Å². The average molecular weight is 472 g/mol. The fourth-order valence-corrected chi connectivity index (χ4v) is 3.56. The van der Waals surface area contributed by atoms with Crippen LogP contribution in [0.15, 0.2) is 79.1 Å². The Balaban J connectivity index is 1.45. The van der Waals surface area contributed by atoms with Gasteiger partial charge in [-0.1, -0.05) is 23.7 Å². The Kier molecular flexibility index (Phi) is 5.40. The van der Waals surface area contributed by atoms with Gasteiger partial charge in [0.1, 0.15) is 5.02 Å². The van der Waals surface area contributed by atoms with Crippen molar-refractivity contribution in [2.45, 2.75) is 0 Å². The number of rotatable bonds is 5. The van der Waals surface area contributed by atoms with Gasteiger partial charge in [-0.25, -0.2) is 0 Å². The van der Waals surface area contributed by atoms with Crippen molar-refractivity contribution in [3.63, 3.8) is 0 Å². The monoisotopic (exact) mass is 471 g/mol. The largest absolute Gasteiger partial charge is 0.322 e. The van der Waals surface area contributed by atoms with E-state index < -0.39 is 10.8 Å². The van der Waals surface area contributed by atoms with Crippen molar-refractivity contribution in [2.75, 3.05) is 5.32 Å². The molecule has 2 aromatic carbocycles. The van der Waals surface area contributed by atoms with E-state index in [0.717, 1.165) is 17.2 Å². The molecule has 0 spiro atoms. The standard InChI is InChI=1S/C23H14ClN7O3/c24-18-5-4-16(13-20(18)31(33)34)23(32)26-17-3-1-2-15(12-17)19-6-7-21-27-28-22(30(21)29-19)14-8-10-25-11-9-14/h1-13H,(H,26,32). The predicted molar refractivity (Wildman–Crippen MR) is 126 cm³/mol. The van der Waals surface area contributed by atoms with Crippen molar-refractivity contribution in [3.05, 3.63) is 99.8 Å². The molecule has 0 unspecified atom stereocenters. The Morgan fingerprint density at radius 1 is 0.971 bits per heavy atom. The Hall–Kier alpha value is -4.70. The molecule has 1 amide bonds. The summed E-state index contributed by atoms with van der Waals surface area (Å²) in [6.45, 7) is 0. The van der Waals surface area contributed by atoms with Crippen LogP contribution in [0.4, 0.5) is 11.4 Å². The lowest BCUT2D eigenvalue weighted by molar-refractivity contribution is -0.384. The molecule has 11 heteroatoms. The third kappa shape index (κ3) is 4.05. The third-order valence-electron chi connectivity index (χ3n) is 5.02. The number of anilines is 1. The molecule has 3 aromatic heterocycles. The first-order valence-corrected chi connectivity index (χ1v) is 10.4. The lowest BCUT2D eigenvalue weighted by atomic mass is 10.1. The fourth-order valence-electron chi connectivity index (χ4n) is 3.38. The summed E-state index contributed by atoms with van der Waals surface area (Å²) in [6.07, 6.45) is 3.34. The first-order chi connectivity index (χ1) is 16.5. The molecule has 0 atom stereocenters. The molecule has 34 heavy (non-hydrogen) atoms.